The smallest absolute Gasteiger partial charge is 0.347 e. The Kier molecular flexibility index (Phi) is 5.97. The van der Waals surface area contributed by atoms with Crippen molar-refractivity contribution in [3.8, 4) is 17.2 Å². The molecular weight excluding hydrogens is 424 g/mol. The molecule has 4 rings (SSSR count). The monoisotopic (exact) mass is 448 g/mol. The fourth-order valence-corrected chi connectivity index (χ4v) is 4.07. The van der Waals surface area contributed by atoms with Crippen LogP contribution in [-0.4, -0.2) is 72.0 Å². The van der Waals surface area contributed by atoms with Gasteiger partial charge in [0.05, 0.1) is 13.7 Å². The highest BCUT2D eigenvalue weighted by molar-refractivity contribution is 6.08. The number of aryl methyl sites for hydroxylation is 1. The lowest BCUT2D eigenvalue weighted by Gasteiger charge is -2.41. The first-order valence-corrected chi connectivity index (χ1v) is 9.89. The number of aliphatic hydroxyl groups is 3. The Balaban J connectivity index is 1.77. The van der Waals surface area contributed by atoms with Gasteiger partial charge in [-0.15, -0.1) is 0 Å². The summed E-state index contributed by atoms with van der Waals surface area (Å²) in [4.78, 5) is 12.5. The number of hydrogen-bond donors (Lipinski definition) is 4. The van der Waals surface area contributed by atoms with Crippen molar-refractivity contribution in [3.05, 3.63) is 40.2 Å². The van der Waals surface area contributed by atoms with Gasteiger partial charge >= 0.3 is 5.63 Å². The maximum Gasteiger partial charge on any atom is 0.347 e. The first-order valence-electron chi connectivity index (χ1n) is 9.89. The number of aliphatic hydroxyl groups excluding tert-OH is 3. The fourth-order valence-electron chi connectivity index (χ4n) is 4.07. The summed E-state index contributed by atoms with van der Waals surface area (Å²) in [5.74, 6) is 0.315. The van der Waals surface area contributed by atoms with E-state index >= 15 is 0 Å². The van der Waals surface area contributed by atoms with Crippen LogP contribution in [0.1, 0.15) is 5.56 Å². The summed E-state index contributed by atoms with van der Waals surface area (Å²) >= 11 is 0. The van der Waals surface area contributed by atoms with E-state index in [1.165, 1.54) is 26.4 Å². The Labute approximate surface area is 182 Å². The number of aromatic hydroxyl groups is 1. The molecule has 0 radical (unpaired) electrons. The van der Waals surface area contributed by atoms with Gasteiger partial charge in [0, 0.05) is 30.0 Å². The van der Waals surface area contributed by atoms with Gasteiger partial charge in [-0.3, -0.25) is 0 Å². The lowest BCUT2D eigenvalue weighted by atomic mass is 9.99. The Bertz CT molecular complexity index is 1200. The lowest BCUT2D eigenvalue weighted by Crippen LogP contribution is -2.60. The standard InChI is InChI=1S/C22H24O10/c1-9-4-11(30-22-19(26)18(25)20(29-3)15(8-23)32-22)7-14-16(9)12-5-10(28-2)6-13(24)17(12)21(27)31-14/h4-7,15,18-20,22-26H,8H2,1-3H3/t15-,18-,19-,20-,22?/m1/s1. The molecule has 32 heavy (non-hydrogen) atoms. The Morgan fingerprint density at radius 2 is 1.78 bits per heavy atom. The van der Waals surface area contributed by atoms with Gasteiger partial charge in [-0.25, -0.2) is 4.79 Å². The summed E-state index contributed by atoms with van der Waals surface area (Å²) in [6.45, 7) is 1.31. The highest BCUT2D eigenvalue weighted by atomic mass is 16.7. The summed E-state index contributed by atoms with van der Waals surface area (Å²) in [6.07, 6.45) is -5.96. The topological polar surface area (TPSA) is 148 Å². The molecule has 10 nitrogen and oxygen atoms in total. The summed E-state index contributed by atoms with van der Waals surface area (Å²) in [7, 11) is 2.78. The number of methoxy groups -OCH3 is 2. The quantitative estimate of drug-likeness (QED) is 0.326. The average Bonchev–Trinajstić information content (AvgIpc) is 2.75. The zero-order valence-electron chi connectivity index (χ0n) is 17.6. The molecule has 172 valence electrons. The molecule has 1 aliphatic rings. The fraction of sp³-hybridized carbons (Fsp3) is 0.409. The number of ether oxygens (including phenoxy) is 4. The molecule has 2 aromatic carbocycles. The van der Waals surface area contributed by atoms with Gasteiger partial charge in [-0.1, -0.05) is 0 Å². The van der Waals surface area contributed by atoms with Gasteiger partial charge in [0.15, 0.2) is 0 Å². The Morgan fingerprint density at radius 1 is 1.03 bits per heavy atom. The van der Waals surface area contributed by atoms with Crippen molar-refractivity contribution in [1.29, 1.82) is 0 Å². The van der Waals surface area contributed by atoms with E-state index in [2.05, 4.69) is 0 Å². The maximum absolute atomic E-state index is 12.5. The van der Waals surface area contributed by atoms with Crippen LogP contribution in [0.2, 0.25) is 0 Å². The van der Waals surface area contributed by atoms with Crippen LogP contribution >= 0.6 is 0 Å². The molecule has 0 bridgehead atoms. The predicted octanol–water partition coefficient (Wildman–Crippen LogP) is 0.802. The molecule has 5 atom stereocenters. The third-order valence-electron chi connectivity index (χ3n) is 5.62. The molecule has 2 heterocycles. The van der Waals surface area contributed by atoms with Crippen LogP contribution in [0.3, 0.4) is 0 Å². The van der Waals surface area contributed by atoms with E-state index in [0.717, 1.165) is 0 Å². The second kappa shape index (κ2) is 8.57. The van der Waals surface area contributed by atoms with E-state index in [4.69, 9.17) is 23.4 Å². The van der Waals surface area contributed by atoms with E-state index in [0.29, 0.717) is 22.1 Å². The van der Waals surface area contributed by atoms with Gasteiger partial charge < -0.3 is 43.8 Å². The van der Waals surface area contributed by atoms with E-state index in [9.17, 15) is 25.2 Å². The third-order valence-corrected chi connectivity index (χ3v) is 5.62. The van der Waals surface area contributed by atoms with E-state index in [-0.39, 0.29) is 22.5 Å². The molecule has 1 saturated heterocycles. The molecule has 1 aromatic heterocycles. The highest BCUT2D eigenvalue weighted by Crippen LogP contribution is 2.36. The molecule has 0 saturated carbocycles. The van der Waals surface area contributed by atoms with E-state index in [1.807, 2.05) is 0 Å². The minimum absolute atomic E-state index is 0.0284. The second-order valence-electron chi connectivity index (χ2n) is 7.60. The number of phenolic OH excluding ortho intramolecular Hbond substituents is 1. The van der Waals surface area contributed by atoms with Crippen molar-refractivity contribution < 1.29 is 43.8 Å². The summed E-state index contributed by atoms with van der Waals surface area (Å²) < 4.78 is 27.0. The molecule has 1 fully saturated rings. The van der Waals surface area contributed by atoms with Gasteiger partial charge in [-0.05, 0) is 24.6 Å². The van der Waals surface area contributed by atoms with Crippen LogP contribution < -0.4 is 15.1 Å². The molecule has 10 heteroatoms. The zero-order valence-corrected chi connectivity index (χ0v) is 17.6. The number of hydrogen-bond acceptors (Lipinski definition) is 10. The molecule has 4 N–H and O–H groups in total. The van der Waals surface area contributed by atoms with Gasteiger partial charge in [0.2, 0.25) is 6.29 Å². The minimum Gasteiger partial charge on any atom is -0.507 e. The Hall–Kier alpha value is -2.89. The molecule has 3 aromatic rings. The number of phenols is 1. The lowest BCUT2D eigenvalue weighted by molar-refractivity contribution is -0.281. The Morgan fingerprint density at radius 3 is 2.44 bits per heavy atom. The van der Waals surface area contributed by atoms with Crippen LogP contribution in [0.25, 0.3) is 21.7 Å². The van der Waals surface area contributed by atoms with Crippen molar-refractivity contribution in [2.24, 2.45) is 0 Å². The van der Waals surface area contributed by atoms with Gasteiger partial charge in [0.25, 0.3) is 0 Å². The van der Waals surface area contributed by atoms with E-state index < -0.39 is 42.9 Å². The predicted molar refractivity (Wildman–Crippen MR) is 112 cm³/mol. The highest BCUT2D eigenvalue weighted by Gasteiger charge is 2.45. The van der Waals surface area contributed by atoms with Crippen LogP contribution in [-0.2, 0) is 9.47 Å². The molecule has 1 unspecified atom stereocenters. The first-order chi connectivity index (χ1) is 15.3. The average molecular weight is 448 g/mol. The molecular formula is C22H24O10. The molecule has 0 spiro atoms. The van der Waals surface area contributed by atoms with Gasteiger partial charge in [0.1, 0.15) is 52.6 Å². The molecule has 0 aliphatic carbocycles. The number of benzene rings is 2. The molecule has 0 amide bonds. The maximum atomic E-state index is 12.5. The summed E-state index contributed by atoms with van der Waals surface area (Å²) in [5.41, 5.74) is 0.0968. The second-order valence-corrected chi connectivity index (χ2v) is 7.60. The summed E-state index contributed by atoms with van der Waals surface area (Å²) in [6, 6.07) is 6.04. The van der Waals surface area contributed by atoms with Crippen LogP contribution in [0.15, 0.2) is 33.5 Å². The summed E-state index contributed by atoms with van der Waals surface area (Å²) in [5, 5.41) is 41.5. The van der Waals surface area contributed by atoms with Crippen molar-refractivity contribution in [2.45, 2.75) is 37.6 Å². The number of fused-ring (bicyclic) bond motifs is 3. The van der Waals surface area contributed by atoms with Gasteiger partial charge in [-0.2, -0.15) is 0 Å². The van der Waals surface area contributed by atoms with Crippen molar-refractivity contribution in [2.75, 3.05) is 20.8 Å². The van der Waals surface area contributed by atoms with E-state index in [1.54, 1.807) is 19.1 Å². The minimum atomic E-state index is -1.46. The normalized spacial score (nSPS) is 25.9. The number of rotatable bonds is 5. The van der Waals surface area contributed by atoms with Crippen LogP contribution in [0.5, 0.6) is 17.2 Å². The largest absolute Gasteiger partial charge is 0.507 e. The SMILES string of the molecule is COc1cc(O)c2c(=O)oc3cc(OC4O[C@H](CO)[C@@H](OC)[C@H](O)[C@H]4O)cc(C)c3c2c1. The van der Waals surface area contributed by atoms with Crippen LogP contribution in [0.4, 0.5) is 0 Å². The molecule has 1 aliphatic heterocycles. The van der Waals surface area contributed by atoms with Crippen molar-refractivity contribution >= 4 is 21.7 Å². The first kappa shape index (κ1) is 22.3. The zero-order chi connectivity index (χ0) is 23.2. The van der Waals surface area contributed by atoms with Crippen molar-refractivity contribution in [1.82, 2.24) is 0 Å². The third kappa shape index (κ3) is 3.65. The van der Waals surface area contributed by atoms with Crippen molar-refractivity contribution in [3.63, 3.8) is 0 Å². The van der Waals surface area contributed by atoms with Crippen LogP contribution in [0, 0.1) is 6.92 Å².